The van der Waals surface area contributed by atoms with Gasteiger partial charge in [-0.2, -0.15) is 0 Å². The van der Waals surface area contributed by atoms with Crippen molar-refractivity contribution in [2.75, 3.05) is 0 Å². The lowest BCUT2D eigenvalue weighted by Gasteiger charge is -2.12. The molecule has 1 N–H and O–H groups in total. The molecule has 142 valence electrons. The van der Waals surface area contributed by atoms with Gasteiger partial charge in [0.1, 0.15) is 12.4 Å². The summed E-state index contributed by atoms with van der Waals surface area (Å²) < 4.78 is 10.8. The molecule has 3 rings (SSSR count). The van der Waals surface area contributed by atoms with Crippen molar-refractivity contribution < 1.29 is 13.9 Å². The molecule has 5 heteroatoms. The molecule has 0 fully saturated rings. The minimum atomic E-state index is -0.00983. The van der Waals surface area contributed by atoms with Gasteiger partial charge in [-0.1, -0.05) is 24.0 Å². The van der Waals surface area contributed by atoms with Crippen molar-refractivity contribution in [3.63, 3.8) is 0 Å². The molecule has 3 aromatic rings. The van der Waals surface area contributed by atoms with Crippen LogP contribution in [0.1, 0.15) is 36.3 Å². The molecule has 0 bridgehead atoms. The summed E-state index contributed by atoms with van der Waals surface area (Å²) in [5.41, 5.74) is 3.03. The predicted octanol–water partition coefficient (Wildman–Crippen LogP) is 3.72. The van der Waals surface area contributed by atoms with Crippen LogP contribution in [0.3, 0.4) is 0 Å². The zero-order chi connectivity index (χ0) is 19.8. The second kappa shape index (κ2) is 9.43. The number of carbonyl (C=O) groups excluding carboxylic acids is 1. The molecule has 1 unspecified atom stereocenters. The van der Waals surface area contributed by atoms with Crippen molar-refractivity contribution in [2.45, 2.75) is 32.9 Å². The predicted molar refractivity (Wildman–Crippen MR) is 107 cm³/mol. The number of amides is 1. The van der Waals surface area contributed by atoms with Gasteiger partial charge in [0, 0.05) is 24.1 Å². The van der Waals surface area contributed by atoms with Crippen LogP contribution in [0.5, 0.6) is 5.75 Å². The van der Waals surface area contributed by atoms with Gasteiger partial charge in [-0.3, -0.25) is 4.79 Å². The molecule has 0 spiro atoms. The summed E-state index contributed by atoms with van der Waals surface area (Å²) in [5.74, 6) is 7.74. The first-order valence-corrected chi connectivity index (χ1v) is 9.07. The number of hydrogen-bond donors (Lipinski definition) is 1. The summed E-state index contributed by atoms with van der Waals surface area (Å²) in [7, 11) is 0. The van der Waals surface area contributed by atoms with E-state index in [2.05, 4.69) is 22.1 Å². The molecule has 0 radical (unpaired) electrons. The van der Waals surface area contributed by atoms with Gasteiger partial charge in [-0.05, 0) is 55.3 Å². The first-order valence-electron chi connectivity index (χ1n) is 9.07. The number of ether oxygens (including phenoxy) is 1. The zero-order valence-corrected chi connectivity index (χ0v) is 15.9. The SMILES string of the molecule is CC(=O)NC(C)Cc1ccc(C#Cc2ccc(OCc3cnco3)cc2)cc1. The first-order chi connectivity index (χ1) is 13.6. The normalized spacial score (nSPS) is 11.2. The smallest absolute Gasteiger partial charge is 0.217 e. The first kappa shape index (κ1) is 19.2. The van der Waals surface area contributed by atoms with Crippen molar-refractivity contribution in [1.29, 1.82) is 0 Å². The Morgan fingerprint density at radius 2 is 1.75 bits per heavy atom. The van der Waals surface area contributed by atoms with Crippen LogP contribution in [0.4, 0.5) is 0 Å². The Morgan fingerprint density at radius 1 is 1.11 bits per heavy atom. The van der Waals surface area contributed by atoms with E-state index in [1.807, 2.05) is 55.5 Å². The number of benzene rings is 2. The summed E-state index contributed by atoms with van der Waals surface area (Å²) in [6.45, 7) is 3.87. The van der Waals surface area contributed by atoms with E-state index in [0.29, 0.717) is 12.4 Å². The van der Waals surface area contributed by atoms with Crippen LogP contribution >= 0.6 is 0 Å². The molecule has 1 amide bonds. The number of aromatic nitrogens is 1. The van der Waals surface area contributed by atoms with Crippen molar-refractivity contribution >= 4 is 5.91 Å². The van der Waals surface area contributed by atoms with Gasteiger partial charge in [-0.25, -0.2) is 4.98 Å². The van der Waals surface area contributed by atoms with Gasteiger partial charge >= 0.3 is 0 Å². The zero-order valence-electron chi connectivity index (χ0n) is 15.9. The number of nitrogens with one attached hydrogen (secondary N) is 1. The Morgan fingerprint density at radius 3 is 2.32 bits per heavy atom. The molecule has 0 aliphatic rings. The van der Waals surface area contributed by atoms with E-state index < -0.39 is 0 Å². The van der Waals surface area contributed by atoms with Gasteiger partial charge < -0.3 is 14.5 Å². The standard InChI is InChI=1S/C23H22N2O3/c1-17(25-18(2)26)13-21-7-5-19(6-8-21)3-4-20-9-11-22(12-10-20)27-15-23-14-24-16-28-23/h5-12,14,16-17H,13,15H2,1-2H3,(H,25,26). The highest BCUT2D eigenvalue weighted by Gasteiger charge is 2.04. The van der Waals surface area contributed by atoms with Crippen LogP contribution in [0, 0.1) is 11.8 Å². The highest BCUT2D eigenvalue weighted by Crippen LogP contribution is 2.14. The maximum Gasteiger partial charge on any atom is 0.217 e. The fourth-order valence-corrected chi connectivity index (χ4v) is 2.72. The number of carbonyl (C=O) groups is 1. The monoisotopic (exact) mass is 374 g/mol. The van der Waals surface area contributed by atoms with Gasteiger partial charge in [0.2, 0.25) is 5.91 Å². The fourth-order valence-electron chi connectivity index (χ4n) is 2.72. The van der Waals surface area contributed by atoms with E-state index >= 15 is 0 Å². The van der Waals surface area contributed by atoms with E-state index in [1.54, 1.807) is 6.20 Å². The maximum atomic E-state index is 11.1. The Kier molecular flexibility index (Phi) is 6.48. The van der Waals surface area contributed by atoms with E-state index in [9.17, 15) is 4.79 Å². The lowest BCUT2D eigenvalue weighted by Crippen LogP contribution is -2.31. The summed E-state index contributed by atoms with van der Waals surface area (Å²) in [4.78, 5) is 14.9. The van der Waals surface area contributed by atoms with E-state index in [1.165, 1.54) is 18.9 Å². The number of oxazole rings is 1. The van der Waals surface area contributed by atoms with Crippen LogP contribution in [0.2, 0.25) is 0 Å². The molecule has 2 aromatic carbocycles. The molecule has 0 aliphatic carbocycles. The molecular weight excluding hydrogens is 352 g/mol. The Hall–Kier alpha value is -3.52. The molecule has 28 heavy (non-hydrogen) atoms. The van der Waals surface area contributed by atoms with Crippen molar-refractivity contribution in [3.8, 4) is 17.6 Å². The third-order valence-corrected chi connectivity index (χ3v) is 4.02. The van der Waals surface area contributed by atoms with E-state index in [-0.39, 0.29) is 11.9 Å². The molecule has 1 atom stereocenters. The van der Waals surface area contributed by atoms with Crippen molar-refractivity contribution in [2.24, 2.45) is 0 Å². The number of rotatable bonds is 6. The Balaban J connectivity index is 1.54. The molecule has 0 saturated carbocycles. The van der Waals surface area contributed by atoms with E-state index in [0.717, 1.165) is 23.3 Å². The second-order valence-electron chi connectivity index (χ2n) is 6.53. The van der Waals surface area contributed by atoms with Gasteiger partial charge in [-0.15, -0.1) is 0 Å². The number of nitrogens with zero attached hydrogens (tertiary/aromatic N) is 1. The van der Waals surface area contributed by atoms with Crippen LogP contribution < -0.4 is 10.1 Å². The second-order valence-corrected chi connectivity index (χ2v) is 6.53. The highest BCUT2D eigenvalue weighted by molar-refractivity contribution is 5.73. The Labute approximate surface area is 164 Å². The quantitative estimate of drug-likeness (QED) is 0.668. The summed E-state index contributed by atoms with van der Waals surface area (Å²) in [6, 6.07) is 15.8. The van der Waals surface area contributed by atoms with Crippen LogP contribution in [0.15, 0.2) is 65.5 Å². The minimum absolute atomic E-state index is 0.00983. The van der Waals surface area contributed by atoms with Gasteiger partial charge in [0.15, 0.2) is 12.2 Å². The summed E-state index contributed by atoms with van der Waals surface area (Å²) in [6.07, 6.45) is 3.81. The topological polar surface area (TPSA) is 64.4 Å². The average Bonchev–Trinajstić information content (AvgIpc) is 3.20. The third kappa shape index (κ3) is 6.03. The molecular formula is C23H22N2O3. The largest absolute Gasteiger partial charge is 0.486 e. The number of hydrogen-bond acceptors (Lipinski definition) is 4. The molecule has 0 saturated heterocycles. The van der Waals surface area contributed by atoms with Crippen LogP contribution in [-0.4, -0.2) is 16.9 Å². The molecule has 0 aliphatic heterocycles. The lowest BCUT2D eigenvalue weighted by atomic mass is 10.0. The molecule has 5 nitrogen and oxygen atoms in total. The van der Waals surface area contributed by atoms with Crippen molar-refractivity contribution in [3.05, 3.63) is 83.6 Å². The van der Waals surface area contributed by atoms with Crippen molar-refractivity contribution in [1.82, 2.24) is 10.3 Å². The van der Waals surface area contributed by atoms with Crippen LogP contribution in [-0.2, 0) is 17.8 Å². The molecule has 1 heterocycles. The summed E-state index contributed by atoms with van der Waals surface area (Å²) in [5, 5.41) is 2.89. The minimum Gasteiger partial charge on any atom is -0.486 e. The van der Waals surface area contributed by atoms with Gasteiger partial charge in [0.25, 0.3) is 0 Å². The summed E-state index contributed by atoms with van der Waals surface area (Å²) >= 11 is 0. The lowest BCUT2D eigenvalue weighted by molar-refractivity contribution is -0.119. The highest BCUT2D eigenvalue weighted by atomic mass is 16.5. The van der Waals surface area contributed by atoms with E-state index in [4.69, 9.17) is 9.15 Å². The average molecular weight is 374 g/mol. The fraction of sp³-hybridized carbons (Fsp3) is 0.217. The Bertz CT molecular complexity index is 950. The molecule has 1 aromatic heterocycles. The third-order valence-electron chi connectivity index (χ3n) is 4.02. The van der Waals surface area contributed by atoms with Crippen LogP contribution in [0.25, 0.3) is 0 Å². The maximum absolute atomic E-state index is 11.1. The van der Waals surface area contributed by atoms with Gasteiger partial charge in [0.05, 0.1) is 6.20 Å².